The molecule has 12 nitrogen and oxygen atoms in total. The highest BCUT2D eigenvalue weighted by Crippen LogP contribution is 2.51. The maximum atomic E-state index is 14.6. The third-order valence-electron chi connectivity index (χ3n) is 12.4. The van der Waals surface area contributed by atoms with E-state index in [1.807, 2.05) is 109 Å². The van der Waals surface area contributed by atoms with Gasteiger partial charge in [-0.25, -0.2) is 28.7 Å². The summed E-state index contributed by atoms with van der Waals surface area (Å²) in [5.74, 6) is 0. The van der Waals surface area contributed by atoms with Crippen molar-refractivity contribution >= 4 is 140 Å². The smallest absolute Gasteiger partial charge is 0.419 e. The fraction of sp³-hybridized carbons (Fsp3) is 0.0370. The molecule has 0 saturated carbocycles. The molecule has 0 amide bonds. The molecule has 0 radical (unpaired) electrons. The number of thiophene rings is 3. The number of fused-ring (bicyclic) bond motifs is 11. The van der Waals surface area contributed by atoms with E-state index in [0.717, 1.165) is 32.7 Å². The Hall–Kier alpha value is -8.50. The minimum absolute atomic E-state index is 0.0563. The molecule has 0 fully saturated rings. The van der Waals surface area contributed by atoms with Gasteiger partial charge in [0.05, 0.1) is 40.9 Å². The lowest BCUT2D eigenvalue weighted by atomic mass is 10.1. The Kier molecular flexibility index (Phi) is 9.17. The quantitative estimate of drug-likeness (QED) is 0.159. The van der Waals surface area contributed by atoms with Crippen molar-refractivity contribution in [1.82, 2.24) is 9.13 Å². The number of benzene rings is 6. The van der Waals surface area contributed by atoms with Gasteiger partial charge in [0, 0.05) is 21.5 Å². The van der Waals surface area contributed by atoms with Gasteiger partial charge in [-0.2, -0.15) is 0 Å². The molecule has 5 aromatic heterocycles. The monoisotopic (exact) mass is 956 g/mol. The number of carbonyl (C=O) groups excluding carboxylic acids is 2. The van der Waals surface area contributed by atoms with Crippen LogP contribution in [0.3, 0.4) is 0 Å². The molecule has 330 valence electrons. The molecule has 5 heterocycles. The number of aromatic nitrogens is 2. The second kappa shape index (κ2) is 15.5. The number of nitrogens with zero attached hydrogens (tertiary/aromatic N) is 4. The fourth-order valence-electron chi connectivity index (χ4n) is 9.20. The van der Waals surface area contributed by atoms with Crippen molar-refractivity contribution in [2.75, 3.05) is 0 Å². The SMILES string of the molecule is O=C(OCc1ccccc1)n1c2cc(N=c3c(=O)c4cc5ccccc5cc4c3=O)sc2c2sc3c4sc(N=c5c(=O)c6cc7ccccc7cc6c5=O)cc4n(C(=O)OCc4ccccc4)c3c21. The average Bonchev–Trinajstić information content (AvgIpc) is 4.24. The lowest BCUT2D eigenvalue weighted by Gasteiger charge is -2.10. The van der Waals surface area contributed by atoms with Crippen LogP contribution in [0.2, 0.25) is 0 Å². The minimum atomic E-state index is -0.742. The molecule has 0 atom stereocenters. The van der Waals surface area contributed by atoms with E-state index in [1.165, 1.54) is 43.1 Å². The number of hydrogen-bond donors (Lipinski definition) is 0. The van der Waals surface area contributed by atoms with Crippen LogP contribution in [0.15, 0.2) is 175 Å². The first-order valence-corrected chi connectivity index (χ1v) is 24.0. The van der Waals surface area contributed by atoms with Crippen molar-refractivity contribution in [1.29, 1.82) is 0 Å². The van der Waals surface area contributed by atoms with Crippen LogP contribution in [-0.4, -0.2) is 21.3 Å². The van der Waals surface area contributed by atoms with Crippen LogP contribution >= 0.6 is 34.0 Å². The molecule has 13 aromatic rings. The van der Waals surface area contributed by atoms with Gasteiger partial charge in [-0.3, -0.25) is 19.2 Å². The van der Waals surface area contributed by atoms with Crippen molar-refractivity contribution in [2.45, 2.75) is 13.2 Å². The van der Waals surface area contributed by atoms with Gasteiger partial charge in [0.25, 0.3) is 0 Å². The fourth-order valence-corrected chi connectivity index (χ4v) is 12.8. The number of rotatable bonds is 6. The van der Waals surface area contributed by atoms with Crippen LogP contribution < -0.4 is 32.4 Å². The lowest BCUT2D eigenvalue weighted by molar-refractivity contribution is 0.142. The van der Waals surface area contributed by atoms with Crippen LogP contribution in [0, 0.1) is 0 Å². The zero-order valence-electron chi connectivity index (χ0n) is 35.6. The number of hydrogen-bond acceptors (Lipinski definition) is 13. The molecule has 0 saturated heterocycles. The van der Waals surface area contributed by atoms with Crippen LogP contribution in [0.4, 0.5) is 19.6 Å². The predicted octanol–water partition coefficient (Wildman–Crippen LogP) is 10.7. The molecule has 0 spiro atoms. The van der Waals surface area contributed by atoms with Crippen LogP contribution in [0.1, 0.15) is 11.1 Å². The number of ether oxygens (including phenoxy) is 2. The summed E-state index contributed by atoms with van der Waals surface area (Å²) in [5.41, 5.74) is 1.08. The van der Waals surface area contributed by atoms with Crippen LogP contribution in [0.5, 0.6) is 0 Å². The largest absolute Gasteiger partial charge is 0.444 e. The Balaban J connectivity index is 1.03. The predicted molar refractivity (Wildman–Crippen MR) is 273 cm³/mol. The van der Waals surface area contributed by atoms with E-state index in [2.05, 4.69) is 9.98 Å². The van der Waals surface area contributed by atoms with Crippen molar-refractivity contribution in [3.8, 4) is 0 Å². The molecule has 8 aromatic carbocycles. The summed E-state index contributed by atoms with van der Waals surface area (Å²) in [6.07, 6.45) is -1.48. The van der Waals surface area contributed by atoms with Gasteiger partial charge in [-0.05, 0) is 69.1 Å². The molecule has 0 aliphatic carbocycles. The van der Waals surface area contributed by atoms with E-state index in [0.29, 0.717) is 50.9 Å². The molecular formula is C54H28N4O8S3. The molecule has 0 bridgehead atoms. The third kappa shape index (κ3) is 6.39. The van der Waals surface area contributed by atoms with Gasteiger partial charge in [0.15, 0.2) is 10.7 Å². The molecule has 69 heavy (non-hydrogen) atoms. The molecular weight excluding hydrogens is 929 g/mol. The van der Waals surface area contributed by atoms with Crippen molar-refractivity contribution in [3.05, 3.63) is 208 Å². The van der Waals surface area contributed by atoms with Gasteiger partial charge in [-0.1, -0.05) is 109 Å². The third-order valence-corrected chi connectivity index (χ3v) is 16.0. The highest BCUT2D eigenvalue weighted by Gasteiger charge is 2.31. The zero-order valence-corrected chi connectivity index (χ0v) is 38.0. The maximum Gasteiger partial charge on any atom is 0.419 e. The Labute approximate surface area is 397 Å². The maximum absolute atomic E-state index is 14.6. The lowest BCUT2D eigenvalue weighted by Crippen LogP contribution is -2.31. The summed E-state index contributed by atoms with van der Waals surface area (Å²) in [7, 11) is 0. The first-order valence-electron chi connectivity index (χ1n) is 21.6. The van der Waals surface area contributed by atoms with E-state index in [4.69, 9.17) is 9.47 Å². The van der Waals surface area contributed by atoms with Crippen molar-refractivity contribution < 1.29 is 19.1 Å². The van der Waals surface area contributed by atoms with Gasteiger partial charge >= 0.3 is 12.2 Å². The topological polar surface area (TPSA) is 155 Å². The minimum Gasteiger partial charge on any atom is -0.444 e. The Bertz CT molecular complexity index is 4260. The van der Waals surface area contributed by atoms with E-state index < -0.39 is 33.9 Å². The summed E-state index contributed by atoms with van der Waals surface area (Å²) < 4.78 is 17.2. The Morgan fingerprint density at radius 3 is 1.10 bits per heavy atom. The molecule has 15 heteroatoms. The Morgan fingerprint density at radius 1 is 0.420 bits per heavy atom. The first kappa shape index (κ1) is 40.7. The van der Waals surface area contributed by atoms with Crippen LogP contribution in [0.25, 0.3) is 84.0 Å². The second-order valence-corrected chi connectivity index (χ2v) is 19.6. The van der Waals surface area contributed by atoms with Gasteiger partial charge in [0.1, 0.15) is 23.2 Å². The standard InChI is InChI=1S/C54H28N4O8S3/c59-45-33-19-29-15-7-8-16-30(29)20-34(33)46(60)41(45)55-39-23-37-49(67-39)51-43(57(37)53(63)65-25-27-11-3-1-4-12-27)44-52(69-51)50-38(58(44)54(64)66-26-28-13-5-2-6-14-28)24-40(68-50)56-42-47(61)35-21-31-17-9-10-18-32(31)22-36(35)48(42)62/h1-24H,25-26H2. The summed E-state index contributed by atoms with van der Waals surface area (Å²) >= 11 is 3.70. The van der Waals surface area contributed by atoms with Crippen molar-refractivity contribution in [2.24, 2.45) is 9.98 Å². The van der Waals surface area contributed by atoms with E-state index in [1.54, 1.807) is 36.4 Å². The highest BCUT2D eigenvalue weighted by atomic mass is 32.1. The second-order valence-electron chi connectivity index (χ2n) is 16.5. The van der Waals surface area contributed by atoms with E-state index >= 15 is 0 Å². The molecule has 0 N–H and O–H groups in total. The van der Waals surface area contributed by atoms with E-state index in [9.17, 15) is 28.8 Å². The summed E-state index contributed by atoms with van der Waals surface area (Å²) in [6.45, 7) is -0.113. The number of carbonyl (C=O) groups is 2. The first-order chi connectivity index (χ1) is 33.7. The highest BCUT2D eigenvalue weighted by molar-refractivity contribution is 7.35. The summed E-state index contributed by atoms with van der Waals surface area (Å²) in [6, 6.07) is 43.5. The Morgan fingerprint density at radius 2 is 0.754 bits per heavy atom. The summed E-state index contributed by atoms with van der Waals surface area (Å²) in [4.78, 5) is 93.7. The molecule has 13 rings (SSSR count). The van der Waals surface area contributed by atoms with Gasteiger partial charge in [-0.15, -0.1) is 34.0 Å². The van der Waals surface area contributed by atoms with Gasteiger partial charge in [0.2, 0.25) is 21.7 Å². The normalized spacial score (nSPS) is 11.9. The molecule has 0 unspecified atom stereocenters. The molecule has 0 aliphatic heterocycles. The molecule has 0 aliphatic rings. The van der Waals surface area contributed by atoms with Crippen molar-refractivity contribution in [3.63, 3.8) is 0 Å². The van der Waals surface area contributed by atoms with E-state index in [-0.39, 0.29) is 45.5 Å². The van der Waals surface area contributed by atoms with Gasteiger partial charge < -0.3 is 9.47 Å². The average molecular weight is 957 g/mol. The zero-order chi connectivity index (χ0) is 46.7. The summed E-state index contributed by atoms with van der Waals surface area (Å²) in [5, 5.41) is 4.56. The van der Waals surface area contributed by atoms with Crippen LogP contribution in [-0.2, 0) is 22.7 Å².